The maximum absolute atomic E-state index is 12.2. The standard InChI is InChI=1S/C18H20N2O3/c1-12-4-9-16(23-3)14(10-12)11-17(21)20-15-7-5-13(6-8-15)18(22)19-2/h4-10H,11H2,1-3H3,(H,19,22)(H,20,21). The fourth-order valence-corrected chi connectivity index (χ4v) is 2.27. The summed E-state index contributed by atoms with van der Waals surface area (Å²) in [6, 6.07) is 12.5. The van der Waals surface area contributed by atoms with Gasteiger partial charge in [0.25, 0.3) is 5.91 Å². The molecule has 0 aliphatic carbocycles. The number of ether oxygens (including phenoxy) is 1. The highest BCUT2D eigenvalue weighted by molar-refractivity contribution is 5.96. The Kier molecular flexibility index (Phi) is 5.36. The van der Waals surface area contributed by atoms with E-state index in [4.69, 9.17) is 4.74 Å². The number of hydrogen-bond acceptors (Lipinski definition) is 3. The van der Waals surface area contributed by atoms with Gasteiger partial charge in [-0.15, -0.1) is 0 Å². The lowest BCUT2D eigenvalue weighted by Gasteiger charge is -2.10. The largest absolute Gasteiger partial charge is 0.496 e. The molecule has 2 N–H and O–H groups in total. The Hall–Kier alpha value is -2.82. The minimum atomic E-state index is -0.160. The van der Waals surface area contributed by atoms with E-state index in [1.54, 1.807) is 38.4 Å². The lowest BCUT2D eigenvalue weighted by Crippen LogP contribution is -2.18. The molecular formula is C18H20N2O3. The fourth-order valence-electron chi connectivity index (χ4n) is 2.27. The van der Waals surface area contributed by atoms with Gasteiger partial charge < -0.3 is 15.4 Å². The van der Waals surface area contributed by atoms with E-state index >= 15 is 0 Å². The van der Waals surface area contributed by atoms with Crippen LogP contribution in [0.15, 0.2) is 42.5 Å². The van der Waals surface area contributed by atoms with Crippen LogP contribution in [0.3, 0.4) is 0 Å². The van der Waals surface area contributed by atoms with Gasteiger partial charge in [0.2, 0.25) is 5.91 Å². The number of benzene rings is 2. The highest BCUT2D eigenvalue weighted by Gasteiger charge is 2.10. The van der Waals surface area contributed by atoms with Crippen LogP contribution in [-0.2, 0) is 11.2 Å². The Balaban J connectivity index is 2.05. The number of carbonyl (C=O) groups excluding carboxylic acids is 2. The number of rotatable bonds is 5. The number of methoxy groups -OCH3 is 1. The van der Waals surface area contributed by atoms with Crippen molar-refractivity contribution < 1.29 is 14.3 Å². The minimum Gasteiger partial charge on any atom is -0.496 e. The van der Waals surface area contributed by atoms with Crippen LogP contribution in [0.4, 0.5) is 5.69 Å². The van der Waals surface area contributed by atoms with Crippen molar-refractivity contribution >= 4 is 17.5 Å². The van der Waals surface area contributed by atoms with Crippen molar-refractivity contribution in [2.45, 2.75) is 13.3 Å². The van der Waals surface area contributed by atoms with Crippen molar-refractivity contribution in [1.29, 1.82) is 0 Å². The second kappa shape index (κ2) is 7.45. The molecule has 120 valence electrons. The molecule has 2 aromatic carbocycles. The predicted molar refractivity (Wildman–Crippen MR) is 89.9 cm³/mol. The van der Waals surface area contributed by atoms with Crippen LogP contribution >= 0.6 is 0 Å². The Labute approximate surface area is 135 Å². The second-order valence-electron chi connectivity index (χ2n) is 5.20. The molecule has 23 heavy (non-hydrogen) atoms. The molecule has 0 bridgehead atoms. The maximum atomic E-state index is 12.2. The third-order valence-electron chi connectivity index (χ3n) is 3.44. The van der Waals surface area contributed by atoms with Crippen molar-refractivity contribution in [2.75, 3.05) is 19.5 Å². The minimum absolute atomic E-state index is 0.137. The highest BCUT2D eigenvalue weighted by atomic mass is 16.5. The van der Waals surface area contributed by atoms with Gasteiger partial charge in [-0.1, -0.05) is 17.7 Å². The normalized spacial score (nSPS) is 10.0. The first-order valence-electron chi connectivity index (χ1n) is 7.29. The summed E-state index contributed by atoms with van der Waals surface area (Å²) in [6.45, 7) is 1.97. The summed E-state index contributed by atoms with van der Waals surface area (Å²) < 4.78 is 5.28. The molecule has 0 aliphatic rings. The SMILES string of the molecule is CNC(=O)c1ccc(NC(=O)Cc2cc(C)ccc2OC)cc1. The molecule has 0 aromatic heterocycles. The lowest BCUT2D eigenvalue weighted by molar-refractivity contribution is -0.115. The molecule has 0 heterocycles. The molecule has 0 atom stereocenters. The van der Waals surface area contributed by atoms with Gasteiger partial charge in [0.15, 0.2) is 0 Å². The summed E-state index contributed by atoms with van der Waals surface area (Å²) in [5.41, 5.74) is 3.11. The summed E-state index contributed by atoms with van der Waals surface area (Å²) in [6.07, 6.45) is 0.224. The van der Waals surface area contributed by atoms with E-state index in [0.29, 0.717) is 17.0 Å². The number of aryl methyl sites for hydroxylation is 1. The van der Waals surface area contributed by atoms with E-state index < -0.39 is 0 Å². The zero-order valence-corrected chi connectivity index (χ0v) is 13.5. The van der Waals surface area contributed by atoms with Crippen LogP contribution in [0.25, 0.3) is 0 Å². The van der Waals surface area contributed by atoms with Crippen LogP contribution < -0.4 is 15.4 Å². The van der Waals surface area contributed by atoms with Crippen molar-refractivity contribution in [1.82, 2.24) is 5.32 Å². The first-order valence-corrected chi connectivity index (χ1v) is 7.29. The van der Waals surface area contributed by atoms with E-state index in [1.165, 1.54) is 0 Å². The van der Waals surface area contributed by atoms with Crippen LogP contribution in [0, 0.1) is 6.92 Å². The van der Waals surface area contributed by atoms with Gasteiger partial charge in [0, 0.05) is 23.9 Å². The van der Waals surface area contributed by atoms with E-state index in [2.05, 4.69) is 10.6 Å². The quantitative estimate of drug-likeness (QED) is 0.891. The molecule has 2 amide bonds. The molecular weight excluding hydrogens is 292 g/mol. The highest BCUT2D eigenvalue weighted by Crippen LogP contribution is 2.20. The third kappa shape index (κ3) is 4.32. The summed E-state index contributed by atoms with van der Waals surface area (Å²) in [4.78, 5) is 23.7. The monoisotopic (exact) mass is 312 g/mol. The van der Waals surface area contributed by atoms with E-state index in [1.807, 2.05) is 25.1 Å². The Bertz CT molecular complexity index is 709. The summed E-state index contributed by atoms with van der Waals surface area (Å²) in [5.74, 6) is 0.398. The molecule has 0 saturated heterocycles. The van der Waals surface area contributed by atoms with Gasteiger partial charge in [-0.25, -0.2) is 0 Å². The molecule has 0 spiro atoms. The number of anilines is 1. The number of amides is 2. The van der Waals surface area contributed by atoms with Gasteiger partial charge in [-0.2, -0.15) is 0 Å². The average Bonchev–Trinajstić information content (AvgIpc) is 2.55. The fraction of sp³-hybridized carbons (Fsp3) is 0.222. The topological polar surface area (TPSA) is 67.4 Å². The molecule has 2 rings (SSSR count). The first kappa shape index (κ1) is 16.5. The first-order chi connectivity index (χ1) is 11.0. The Morgan fingerprint density at radius 3 is 2.39 bits per heavy atom. The van der Waals surface area contributed by atoms with Gasteiger partial charge in [0.05, 0.1) is 13.5 Å². The van der Waals surface area contributed by atoms with Gasteiger partial charge >= 0.3 is 0 Å². The van der Waals surface area contributed by atoms with E-state index in [-0.39, 0.29) is 18.2 Å². The molecule has 5 nitrogen and oxygen atoms in total. The Morgan fingerprint density at radius 1 is 1.09 bits per heavy atom. The van der Waals surface area contributed by atoms with Gasteiger partial charge in [-0.3, -0.25) is 9.59 Å². The van der Waals surface area contributed by atoms with Gasteiger partial charge in [0.1, 0.15) is 5.75 Å². The predicted octanol–water partition coefficient (Wildman–Crippen LogP) is 2.54. The number of carbonyl (C=O) groups is 2. The smallest absolute Gasteiger partial charge is 0.251 e. The van der Waals surface area contributed by atoms with Crippen LogP contribution in [-0.4, -0.2) is 26.0 Å². The average molecular weight is 312 g/mol. The zero-order valence-electron chi connectivity index (χ0n) is 13.5. The zero-order chi connectivity index (χ0) is 16.8. The number of nitrogens with one attached hydrogen (secondary N) is 2. The number of hydrogen-bond donors (Lipinski definition) is 2. The molecule has 0 aliphatic heterocycles. The molecule has 0 radical (unpaired) electrons. The van der Waals surface area contributed by atoms with Crippen molar-refractivity contribution in [3.05, 3.63) is 59.2 Å². The molecule has 0 fully saturated rings. The third-order valence-corrected chi connectivity index (χ3v) is 3.44. The summed E-state index contributed by atoms with van der Waals surface area (Å²) in [7, 11) is 3.16. The van der Waals surface area contributed by atoms with Crippen molar-refractivity contribution in [3.63, 3.8) is 0 Å². The van der Waals surface area contributed by atoms with Gasteiger partial charge in [-0.05, 0) is 37.3 Å². The molecule has 0 unspecified atom stereocenters. The van der Waals surface area contributed by atoms with E-state index in [0.717, 1.165) is 11.1 Å². The van der Waals surface area contributed by atoms with Crippen molar-refractivity contribution in [2.24, 2.45) is 0 Å². The molecule has 5 heteroatoms. The maximum Gasteiger partial charge on any atom is 0.251 e. The molecule has 2 aromatic rings. The van der Waals surface area contributed by atoms with Crippen LogP contribution in [0.1, 0.15) is 21.5 Å². The summed E-state index contributed by atoms with van der Waals surface area (Å²) in [5, 5.41) is 5.37. The second-order valence-corrected chi connectivity index (χ2v) is 5.20. The Morgan fingerprint density at radius 2 is 1.78 bits per heavy atom. The summed E-state index contributed by atoms with van der Waals surface area (Å²) >= 11 is 0. The van der Waals surface area contributed by atoms with Crippen LogP contribution in [0.2, 0.25) is 0 Å². The van der Waals surface area contributed by atoms with Crippen LogP contribution in [0.5, 0.6) is 5.75 Å². The molecule has 0 saturated carbocycles. The van der Waals surface area contributed by atoms with E-state index in [9.17, 15) is 9.59 Å². The lowest BCUT2D eigenvalue weighted by atomic mass is 10.1. The van der Waals surface area contributed by atoms with Crippen molar-refractivity contribution in [3.8, 4) is 5.75 Å².